The van der Waals surface area contributed by atoms with Gasteiger partial charge in [0.15, 0.2) is 11.5 Å². The molecule has 0 spiro atoms. The molecule has 3 heteroatoms. The Morgan fingerprint density at radius 3 is 2.32 bits per heavy atom. The van der Waals surface area contributed by atoms with Crippen molar-refractivity contribution in [1.82, 2.24) is 0 Å². The van der Waals surface area contributed by atoms with Gasteiger partial charge < -0.3 is 9.47 Å². The number of carbonyl (C=O) groups excluding carboxylic acids is 1. The van der Waals surface area contributed by atoms with Gasteiger partial charge in [-0.25, -0.2) is 0 Å². The fraction of sp³-hybridized carbons (Fsp3) is 0.316. The lowest BCUT2D eigenvalue weighted by Crippen LogP contribution is -2.13. The Bertz CT molecular complexity index is 620. The molecule has 0 saturated carbocycles. The van der Waals surface area contributed by atoms with Gasteiger partial charge in [-0.05, 0) is 30.2 Å². The van der Waals surface area contributed by atoms with Crippen LogP contribution in [0.1, 0.15) is 37.3 Å². The third-order valence-electron chi connectivity index (χ3n) is 3.62. The Morgan fingerprint density at radius 1 is 1.00 bits per heavy atom. The van der Waals surface area contributed by atoms with Gasteiger partial charge in [0.05, 0.1) is 19.6 Å². The van der Waals surface area contributed by atoms with E-state index in [1.807, 2.05) is 62.4 Å². The van der Waals surface area contributed by atoms with Crippen LogP contribution in [0.4, 0.5) is 0 Å². The summed E-state index contributed by atoms with van der Waals surface area (Å²) in [4.78, 5) is 12.5. The molecule has 0 amide bonds. The minimum absolute atomic E-state index is 0.193. The van der Waals surface area contributed by atoms with Crippen molar-refractivity contribution in [2.75, 3.05) is 13.7 Å². The maximum absolute atomic E-state index is 12.5. The Balaban J connectivity index is 2.48. The molecule has 116 valence electrons. The Labute approximate surface area is 131 Å². The highest BCUT2D eigenvalue weighted by Crippen LogP contribution is 2.34. The van der Waals surface area contributed by atoms with Crippen molar-refractivity contribution < 1.29 is 14.3 Å². The molecule has 0 aliphatic carbocycles. The predicted octanol–water partition coefficient (Wildman–Crippen LogP) is 4.20. The van der Waals surface area contributed by atoms with Crippen LogP contribution in [0.15, 0.2) is 48.5 Å². The van der Waals surface area contributed by atoms with Crippen LogP contribution in [0.2, 0.25) is 0 Å². The third kappa shape index (κ3) is 3.48. The molecule has 0 aliphatic heterocycles. The third-order valence-corrected chi connectivity index (χ3v) is 3.62. The zero-order valence-electron chi connectivity index (χ0n) is 13.3. The molecule has 0 fully saturated rings. The quantitative estimate of drug-likeness (QED) is 0.768. The van der Waals surface area contributed by atoms with Crippen LogP contribution in [-0.4, -0.2) is 19.5 Å². The van der Waals surface area contributed by atoms with E-state index in [2.05, 4.69) is 0 Å². The summed E-state index contributed by atoms with van der Waals surface area (Å²) in [6.45, 7) is 4.38. The highest BCUT2D eigenvalue weighted by Gasteiger charge is 2.22. The van der Waals surface area contributed by atoms with Crippen molar-refractivity contribution >= 4 is 5.78 Å². The van der Waals surface area contributed by atoms with Crippen LogP contribution in [0.3, 0.4) is 0 Å². The summed E-state index contributed by atoms with van der Waals surface area (Å²) in [5, 5.41) is 0. The average molecular weight is 298 g/mol. The van der Waals surface area contributed by atoms with Crippen molar-refractivity contribution in [3.05, 3.63) is 59.7 Å². The number of Topliss-reactive ketones (excluding diaryl/α,β-unsaturated/α-hetero) is 1. The van der Waals surface area contributed by atoms with Crippen LogP contribution in [0.25, 0.3) is 0 Å². The van der Waals surface area contributed by atoms with E-state index in [0.29, 0.717) is 24.5 Å². The standard InChI is InChI=1S/C19H22O3/c1-4-16(20)19(14-9-7-6-8-10-14)15-11-12-17(21-3)18(13-15)22-5-2/h6-13,19H,4-5H2,1-3H3. The van der Waals surface area contributed by atoms with Gasteiger partial charge in [0.25, 0.3) is 0 Å². The van der Waals surface area contributed by atoms with E-state index in [1.54, 1.807) is 7.11 Å². The van der Waals surface area contributed by atoms with Gasteiger partial charge in [0.1, 0.15) is 5.78 Å². The molecule has 1 unspecified atom stereocenters. The molecule has 0 aromatic heterocycles. The molecule has 2 aromatic carbocycles. The second-order valence-electron chi connectivity index (χ2n) is 5.01. The Hall–Kier alpha value is -2.29. The topological polar surface area (TPSA) is 35.5 Å². The molecule has 0 bridgehead atoms. The molecule has 2 rings (SSSR count). The van der Waals surface area contributed by atoms with Gasteiger partial charge in [-0.1, -0.05) is 43.3 Å². The normalized spacial score (nSPS) is 11.8. The average Bonchev–Trinajstić information content (AvgIpc) is 2.56. The number of hydrogen-bond donors (Lipinski definition) is 0. The number of methoxy groups -OCH3 is 1. The van der Waals surface area contributed by atoms with Gasteiger partial charge >= 0.3 is 0 Å². The smallest absolute Gasteiger partial charge is 0.161 e. The maximum Gasteiger partial charge on any atom is 0.161 e. The number of hydrogen-bond acceptors (Lipinski definition) is 3. The van der Waals surface area contributed by atoms with E-state index in [1.165, 1.54) is 0 Å². The summed E-state index contributed by atoms with van der Waals surface area (Å²) in [7, 11) is 1.61. The zero-order valence-corrected chi connectivity index (χ0v) is 13.3. The summed E-state index contributed by atoms with van der Waals surface area (Å²) in [6.07, 6.45) is 0.496. The summed E-state index contributed by atoms with van der Waals surface area (Å²) in [5.74, 6) is 1.28. The fourth-order valence-corrected chi connectivity index (χ4v) is 2.56. The number of carbonyl (C=O) groups is 1. The van der Waals surface area contributed by atoms with E-state index in [9.17, 15) is 4.79 Å². The van der Waals surface area contributed by atoms with E-state index in [4.69, 9.17) is 9.47 Å². The van der Waals surface area contributed by atoms with Crippen molar-refractivity contribution in [2.45, 2.75) is 26.2 Å². The van der Waals surface area contributed by atoms with E-state index >= 15 is 0 Å². The molecule has 0 heterocycles. The first-order valence-corrected chi connectivity index (χ1v) is 7.59. The molecule has 0 saturated heterocycles. The first kappa shape index (κ1) is 16.1. The molecule has 0 aliphatic rings. The highest BCUT2D eigenvalue weighted by molar-refractivity contribution is 5.89. The number of ketones is 1. The lowest BCUT2D eigenvalue weighted by Gasteiger charge is -2.18. The fourth-order valence-electron chi connectivity index (χ4n) is 2.56. The number of ether oxygens (including phenoxy) is 2. The van der Waals surface area contributed by atoms with Gasteiger partial charge in [-0.2, -0.15) is 0 Å². The predicted molar refractivity (Wildman–Crippen MR) is 87.7 cm³/mol. The molecule has 0 radical (unpaired) electrons. The maximum atomic E-state index is 12.5. The van der Waals surface area contributed by atoms with Crippen molar-refractivity contribution in [2.24, 2.45) is 0 Å². The van der Waals surface area contributed by atoms with Crippen LogP contribution in [0.5, 0.6) is 11.5 Å². The zero-order chi connectivity index (χ0) is 15.9. The summed E-state index contributed by atoms with van der Waals surface area (Å²) < 4.78 is 10.9. The molecule has 1 atom stereocenters. The summed E-state index contributed by atoms with van der Waals surface area (Å²) in [6, 6.07) is 15.6. The van der Waals surface area contributed by atoms with E-state index in [0.717, 1.165) is 11.1 Å². The van der Waals surface area contributed by atoms with Crippen molar-refractivity contribution in [3.63, 3.8) is 0 Å². The Morgan fingerprint density at radius 2 is 1.73 bits per heavy atom. The molecule has 2 aromatic rings. The number of rotatable bonds is 7. The molecule has 3 nitrogen and oxygen atoms in total. The van der Waals surface area contributed by atoms with Crippen molar-refractivity contribution in [3.8, 4) is 11.5 Å². The highest BCUT2D eigenvalue weighted by atomic mass is 16.5. The largest absolute Gasteiger partial charge is 0.493 e. The molecular formula is C19H22O3. The SMILES string of the molecule is CCOc1cc(C(C(=O)CC)c2ccccc2)ccc1OC. The number of benzene rings is 2. The first-order valence-electron chi connectivity index (χ1n) is 7.59. The lowest BCUT2D eigenvalue weighted by atomic mass is 9.86. The van der Waals surface area contributed by atoms with E-state index in [-0.39, 0.29) is 11.7 Å². The van der Waals surface area contributed by atoms with Crippen molar-refractivity contribution in [1.29, 1.82) is 0 Å². The minimum Gasteiger partial charge on any atom is -0.493 e. The second-order valence-corrected chi connectivity index (χ2v) is 5.01. The minimum atomic E-state index is -0.267. The monoisotopic (exact) mass is 298 g/mol. The summed E-state index contributed by atoms with van der Waals surface area (Å²) in [5.41, 5.74) is 1.93. The van der Waals surface area contributed by atoms with E-state index < -0.39 is 0 Å². The lowest BCUT2D eigenvalue weighted by molar-refractivity contribution is -0.119. The Kier molecular flexibility index (Phi) is 5.59. The van der Waals surface area contributed by atoms with Crippen LogP contribution in [-0.2, 0) is 4.79 Å². The van der Waals surface area contributed by atoms with Crippen LogP contribution < -0.4 is 9.47 Å². The van der Waals surface area contributed by atoms with Gasteiger partial charge in [-0.15, -0.1) is 0 Å². The molecule has 0 N–H and O–H groups in total. The second kappa shape index (κ2) is 7.64. The first-order chi connectivity index (χ1) is 10.7. The van der Waals surface area contributed by atoms with Gasteiger partial charge in [0, 0.05) is 6.42 Å². The van der Waals surface area contributed by atoms with Crippen LogP contribution >= 0.6 is 0 Å². The molecule has 22 heavy (non-hydrogen) atoms. The van der Waals surface area contributed by atoms with Crippen LogP contribution in [0, 0.1) is 0 Å². The molecular weight excluding hydrogens is 276 g/mol. The van der Waals surface area contributed by atoms with Gasteiger partial charge in [-0.3, -0.25) is 4.79 Å². The summed E-state index contributed by atoms with van der Waals surface area (Å²) >= 11 is 0. The van der Waals surface area contributed by atoms with Gasteiger partial charge in [0.2, 0.25) is 0 Å².